The fourth-order valence-corrected chi connectivity index (χ4v) is 2.99. The van der Waals surface area contributed by atoms with Gasteiger partial charge in [0.1, 0.15) is 17.6 Å². The Balaban J connectivity index is 2.15. The van der Waals surface area contributed by atoms with Crippen molar-refractivity contribution in [1.29, 1.82) is 0 Å². The molecule has 3 N–H and O–H groups in total. The van der Waals surface area contributed by atoms with Crippen molar-refractivity contribution in [3.05, 3.63) is 0 Å². The smallest absolute Gasteiger partial charge is 0.159 e. The molecule has 6 atom stereocenters. The van der Waals surface area contributed by atoms with Crippen molar-refractivity contribution in [3.8, 4) is 0 Å². The summed E-state index contributed by atoms with van der Waals surface area (Å²) in [6.45, 7) is 1.48. The minimum Gasteiger partial charge on any atom is -0.391 e. The first-order chi connectivity index (χ1) is 7.54. The summed E-state index contributed by atoms with van der Waals surface area (Å²) in [5.41, 5.74) is -0.448. The number of nitrogens with one attached hydrogen (secondary N) is 1. The molecule has 7 heteroatoms. The maximum absolute atomic E-state index is 13.9. The number of aliphatic hydroxyl groups is 2. The minimum absolute atomic E-state index is 0.448. The molecule has 16 heavy (non-hydrogen) atoms. The molecule has 0 aromatic rings. The van der Waals surface area contributed by atoms with E-state index in [1.165, 1.54) is 18.7 Å². The molecule has 2 aliphatic heterocycles. The van der Waals surface area contributed by atoms with Crippen LogP contribution in [0, 0.1) is 0 Å². The Labute approximate surface area is 97.1 Å². The molecule has 0 aromatic carbocycles. The maximum Gasteiger partial charge on any atom is 0.159 e. The molecule has 0 aromatic heterocycles. The van der Waals surface area contributed by atoms with E-state index in [0.717, 1.165) is 0 Å². The van der Waals surface area contributed by atoms with Gasteiger partial charge in [0.2, 0.25) is 0 Å². The fourth-order valence-electron chi connectivity index (χ4n) is 1.92. The normalized spacial score (nSPS) is 47.6. The van der Waals surface area contributed by atoms with Crippen molar-refractivity contribution in [3.63, 3.8) is 0 Å². The second-order valence-corrected chi connectivity index (χ2v) is 5.05. The average Bonchev–Trinajstić information content (AvgIpc) is 2.66. The van der Waals surface area contributed by atoms with Gasteiger partial charge in [0, 0.05) is 7.05 Å². The van der Waals surface area contributed by atoms with Crippen LogP contribution in [0.3, 0.4) is 0 Å². The lowest BCUT2D eigenvalue weighted by atomic mass is 9.96. The third-order valence-electron chi connectivity index (χ3n) is 2.79. The maximum atomic E-state index is 13.9. The molecule has 5 unspecified atom stereocenters. The number of nitrogens with zero attached hydrogens (tertiary/aromatic N) is 1. The van der Waals surface area contributed by atoms with E-state index in [1.54, 1.807) is 7.05 Å². The molecule has 0 bridgehead atoms. The Bertz CT molecular complexity index is 302. The van der Waals surface area contributed by atoms with Crippen LogP contribution in [0.4, 0.5) is 4.39 Å². The molecule has 92 valence electrons. The van der Waals surface area contributed by atoms with E-state index in [4.69, 9.17) is 4.74 Å². The van der Waals surface area contributed by atoms with Crippen molar-refractivity contribution in [2.75, 3.05) is 7.05 Å². The number of ether oxygens (including phenoxy) is 1. The molecule has 0 amide bonds. The van der Waals surface area contributed by atoms with Gasteiger partial charge in [-0.1, -0.05) is 11.8 Å². The van der Waals surface area contributed by atoms with Crippen LogP contribution in [-0.2, 0) is 4.74 Å². The summed E-state index contributed by atoms with van der Waals surface area (Å²) in [5, 5.41) is 22.5. The molecular weight excluding hydrogens is 235 g/mol. The van der Waals surface area contributed by atoms with Crippen LogP contribution in [0.5, 0.6) is 0 Å². The second-order valence-electron chi connectivity index (χ2n) is 3.96. The summed E-state index contributed by atoms with van der Waals surface area (Å²) >= 11 is 1.28. The van der Waals surface area contributed by atoms with Gasteiger partial charge in [-0.05, 0) is 6.92 Å². The van der Waals surface area contributed by atoms with Crippen LogP contribution in [0.15, 0.2) is 4.99 Å². The standard InChI is InChI=1S/C9H15FN2O3S/c1-3(13)7-6(14)4(10)5-8(15-7)16-9(11-2)12-5/h3-8,13-14H,1-2H3,(H,11,12)/t3-,4?,5?,6?,7?,8?/m0/s1. The quantitative estimate of drug-likeness (QED) is 0.584. The van der Waals surface area contributed by atoms with Crippen LogP contribution in [0.25, 0.3) is 0 Å². The molecule has 2 aliphatic rings. The highest BCUT2D eigenvalue weighted by molar-refractivity contribution is 8.14. The van der Waals surface area contributed by atoms with E-state index < -0.39 is 36.0 Å². The summed E-state index contributed by atoms with van der Waals surface area (Å²) in [5.74, 6) is 0. The summed E-state index contributed by atoms with van der Waals surface area (Å²) in [4.78, 5) is 3.92. The van der Waals surface area contributed by atoms with Crippen LogP contribution in [0.2, 0.25) is 0 Å². The number of rotatable bonds is 1. The number of aliphatic imine (C=N–C) groups is 1. The van der Waals surface area contributed by atoms with Crippen molar-refractivity contribution >= 4 is 16.9 Å². The van der Waals surface area contributed by atoms with Gasteiger partial charge < -0.3 is 20.3 Å². The number of halogens is 1. The van der Waals surface area contributed by atoms with Crippen molar-refractivity contribution in [2.24, 2.45) is 4.99 Å². The summed E-state index contributed by atoms with van der Waals surface area (Å²) < 4.78 is 19.3. The van der Waals surface area contributed by atoms with Gasteiger partial charge in [0.25, 0.3) is 0 Å². The van der Waals surface area contributed by atoms with Gasteiger partial charge in [-0.15, -0.1) is 0 Å². The zero-order valence-corrected chi connectivity index (χ0v) is 9.82. The molecule has 2 fully saturated rings. The second kappa shape index (κ2) is 4.48. The lowest BCUT2D eigenvalue weighted by Crippen LogP contribution is -2.59. The number of fused-ring (bicyclic) bond motifs is 1. The van der Waals surface area contributed by atoms with Crippen molar-refractivity contribution in [1.82, 2.24) is 5.32 Å². The average molecular weight is 250 g/mol. The van der Waals surface area contributed by atoms with Gasteiger partial charge in [0.05, 0.1) is 12.1 Å². The van der Waals surface area contributed by atoms with Crippen molar-refractivity contribution in [2.45, 2.75) is 42.9 Å². The number of aliphatic hydroxyl groups excluding tert-OH is 2. The van der Waals surface area contributed by atoms with Crippen molar-refractivity contribution < 1.29 is 19.3 Å². The SMILES string of the molecule is CN=C1NC2C(OC([C@H](C)O)C(O)C2F)S1. The third-order valence-corrected chi connectivity index (χ3v) is 3.95. The number of hydrogen-bond acceptors (Lipinski definition) is 5. The zero-order chi connectivity index (χ0) is 11.9. The van der Waals surface area contributed by atoms with E-state index in [-0.39, 0.29) is 0 Å². The molecular formula is C9H15FN2O3S. The van der Waals surface area contributed by atoms with E-state index in [1.807, 2.05) is 0 Å². The molecule has 0 saturated carbocycles. The van der Waals surface area contributed by atoms with Crippen LogP contribution >= 0.6 is 11.8 Å². The van der Waals surface area contributed by atoms with Crippen LogP contribution < -0.4 is 5.32 Å². The Hall–Kier alpha value is -0.370. The van der Waals surface area contributed by atoms with Gasteiger partial charge in [-0.2, -0.15) is 0 Å². The largest absolute Gasteiger partial charge is 0.391 e. The highest BCUT2D eigenvalue weighted by Gasteiger charge is 2.51. The number of thioether (sulfide) groups is 1. The fraction of sp³-hybridized carbons (Fsp3) is 0.889. The van der Waals surface area contributed by atoms with Crippen LogP contribution in [0.1, 0.15) is 6.92 Å². The zero-order valence-electron chi connectivity index (χ0n) is 9.00. The predicted molar refractivity (Wildman–Crippen MR) is 59.1 cm³/mol. The summed E-state index contributed by atoms with van der Waals surface area (Å²) in [7, 11) is 1.60. The lowest BCUT2D eigenvalue weighted by molar-refractivity contribution is -0.167. The van der Waals surface area contributed by atoms with Gasteiger partial charge in [-0.3, -0.25) is 4.99 Å². The van der Waals surface area contributed by atoms with E-state index in [0.29, 0.717) is 5.17 Å². The van der Waals surface area contributed by atoms with Gasteiger partial charge in [0.15, 0.2) is 11.3 Å². The number of alkyl halides is 1. The topological polar surface area (TPSA) is 74.1 Å². The first-order valence-corrected chi connectivity index (χ1v) is 5.98. The van der Waals surface area contributed by atoms with E-state index in [2.05, 4.69) is 10.3 Å². The molecule has 0 aliphatic carbocycles. The first kappa shape index (κ1) is 12.1. The Morgan fingerprint density at radius 3 is 2.88 bits per heavy atom. The number of hydrogen-bond donors (Lipinski definition) is 3. The molecule has 5 nitrogen and oxygen atoms in total. The van der Waals surface area contributed by atoms with Gasteiger partial charge >= 0.3 is 0 Å². The Kier molecular flexibility index (Phi) is 3.39. The molecule has 2 heterocycles. The van der Waals surface area contributed by atoms with E-state index >= 15 is 0 Å². The lowest BCUT2D eigenvalue weighted by Gasteiger charge is -2.38. The molecule has 2 rings (SSSR count). The molecule has 0 spiro atoms. The minimum atomic E-state index is -1.47. The molecule has 2 saturated heterocycles. The summed E-state index contributed by atoms with van der Waals surface area (Å²) in [6, 6.07) is -0.603. The predicted octanol–water partition coefficient (Wildman–Crippen LogP) is -0.518. The van der Waals surface area contributed by atoms with Gasteiger partial charge in [-0.25, -0.2) is 4.39 Å². The third kappa shape index (κ3) is 1.92. The number of amidine groups is 1. The summed E-state index contributed by atoms with van der Waals surface area (Å²) in [6.07, 6.45) is -4.57. The van der Waals surface area contributed by atoms with E-state index in [9.17, 15) is 14.6 Å². The highest BCUT2D eigenvalue weighted by Crippen LogP contribution is 2.35. The highest BCUT2D eigenvalue weighted by atomic mass is 32.2. The monoisotopic (exact) mass is 250 g/mol. The Morgan fingerprint density at radius 2 is 2.31 bits per heavy atom. The Morgan fingerprint density at radius 1 is 1.62 bits per heavy atom. The molecule has 0 radical (unpaired) electrons. The van der Waals surface area contributed by atoms with Crippen LogP contribution in [-0.4, -0.2) is 58.4 Å². The first-order valence-electron chi connectivity index (χ1n) is 5.10.